The number of guanidine groups is 1. The van der Waals surface area contributed by atoms with E-state index in [1.54, 1.807) is 4.90 Å². The van der Waals surface area contributed by atoms with Gasteiger partial charge in [0.1, 0.15) is 5.60 Å². The molecule has 0 aromatic rings. The number of nitrogens with two attached hydrogens (primary N) is 1. The van der Waals surface area contributed by atoms with Gasteiger partial charge in [-0.25, -0.2) is 4.79 Å². The number of piperidine rings is 1. The van der Waals surface area contributed by atoms with Gasteiger partial charge >= 0.3 is 6.09 Å². The number of carbonyl (C=O) groups excluding carboxylic acids is 1. The minimum Gasteiger partial charge on any atom is -0.444 e. The van der Waals surface area contributed by atoms with Gasteiger partial charge in [-0.15, -0.1) is 24.0 Å². The molecule has 1 amide bonds. The molecule has 1 heterocycles. The number of amides is 1. The second-order valence-electron chi connectivity index (χ2n) is 6.97. The number of rotatable bonds is 4. The third-order valence-corrected chi connectivity index (χ3v) is 3.78. The van der Waals surface area contributed by atoms with Crippen LogP contribution in [0.4, 0.5) is 4.79 Å². The summed E-state index contributed by atoms with van der Waals surface area (Å²) in [6.07, 6.45) is 2.03. The number of aliphatic imine (C=N–C) groups is 1. The number of hydrogen-bond donors (Lipinski definition) is 1. The normalized spacial score (nSPS) is 16.7. The van der Waals surface area contributed by atoms with Crippen molar-refractivity contribution in [3.8, 4) is 0 Å². The maximum Gasteiger partial charge on any atom is 0.410 e. The predicted molar refractivity (Wildman–Crippen MR) is 105 cm³/mol. The maximum absolute atomic E-state index is 12.0. The fourth-order valence-corrected chi connectivity index (χ4v) is 2.33. The Balaban J connectivity index is 0.00000484. The lowest BCUT2D eigenvalue weighted by atomic mass is 10.00. The molecule has 23 heavy (non-hydrogen) atoms. The summed E-state index contributed by atoms with van der Waals surface area (Å²) in [5, 5.41) is 0. The summed E-state index contributed by atoms with van der Waals surface area (Å²) in [5.41, 5.74) is 5.57. The number of hydrogen-bond acceptors (Lipinski definition) is 3. The van der Waals surface area contributed by atoms with E-state index in [-0.39, 0.29) is 30.1 Å². The Hall–Kier alpha value is -0.730. The first kappa shape index (κ1) is 22.3. The molecule has 1 fully saturated rings. The van der Waals surface area contributed by atoms with Crippen LogP contribution in [0.15, 0.2) is 4.99 Å². The van der Waals surface area contributed by atoms with Crippen LogP contribution in [0.2, 0.25) is 0 Å². The zero-order valence-electron chi connectivity index (χ0n) is 15.2. The summed E-state index contributed by atoms with van der Waals surface area (Å²) >= 11 is 0. The number of halogens is 1. The standard InChI is InChI=1S/C16H32N4O2.HI/c1-6-19(15(21)22-16(3,4)5)12-9-18-14(17)20-10-7-13(2)8-11-20;/h13H,6-12H2,1-5H3,(H2,17,18);1H. The van der Waals surface area contributed by atoms with Gasteiger partial charge in [0, 0.05) is 26.2 Å². The summed E-state index contributed by atoms with van der Waals surface area (Å²) in [4.78, 5) is 20.2. The van der Waals surface area contributed by atoms with Crippen molar-refractivity contribution >= 4 is 36.0 Å². The zero-order chi connectivity index (χ0) is 16.8. The highest BCUT2D eigenvalue weighted by Gasteiger charge is 2.21. The van der Waals surface area contributed by atoms with E-state index in [1.807, 2.05) is 27.7 Å². The van der Waals surface area contributed by atoms with Gasteiger partial charge in [-0.05, 0) is 46.5 Å². The van der Waals surface area contributed by atoms with Crippen molar-refractivity contribution in [1.82, 2.24) is 9.80 Å². The number of ether oxygens (including phenoxy) is 1. The Kier molecular flexibility index (Phi) is 9.88. The van der Waals surface area contributed by atoms with Gasteiger partial charge < -0.3 is 20.3 Å². The van der Waals surface area contributed by atoms with E-state index < -0.39 is 5.60 Å². The Labute approximate surface area is 157 Å². The summed E-state index contributed by atoms with van der Waals surface area (Å²) in [6.45, 7) is 13.4. The van der Waals surface area contributed by atoms with E-state index in [0.717, 1.165) is 31.8 Å². The Morgan fingerprint density at radius 1 is 1.35 bits per heavy atom. The second kappa shape index (κ2) is 10.2. The molecule has 1 aliphatic heterocycles. The molecule has 0 aromatic heterocycles. The average molecular weight is 440 g/mol. The van der Waals surface area contributed by atoms with Gasteiger partial charge in [0.05, 0.1) is 6.54 Å². The molecule has 0 spiro atoms. The summed E-state index contributed by atoms with van der Waals surface area (Å²) in [7, 11) is 0. The Morgan fingerprint density at radius 3 is 2.39 bits per heavy atom. The third-order valence-electron chi connectivity index (χ3n) is 3.78. The quantitative estimate of drug-likeness (QED) is 0.415. The molecule has 136 valence electrons. The first-order valence-corrected chi connectivity index (χ1v) is 8.25. The minimum absolute atomic E-state index is 0. The third kappa shape index (κ3) is 8.62. The molecule has 0 radical (unpaired) electrons. The maximum atomic E-state index is 12.0. The highest BCUT2D eigenvalue weighted by Crippen LogP contribution is 2.15. The molecule has 6 nitrogen and oxygen atoms in total. The molecular formula is C16H33IN4O2. The zero-order valence-corrected chi connectivity index (χ0v) is 17.5. The summed E-state index contributed by atoms with van der Waals surface area (Å²) < 4.78 is 5.37. The lowest BCUT2D eigenvalue weighted by Crippen LogP contribution is -2.43. The summed E-state index contributed by atoms with van der Waals surface area (Å²) in [6, 6.07) is 0. The molecule has 1 rings (SSSR count). The van der Waals surface area contributed by atoms with E-state index >= 15 is 0 Å². The van der Waals surface area contributed by atoms with Gasteiger partial charge in [-0.1, -0.05) is 6.92 Å². The molecule has 0 bridgehead atoms. The van der Waals surface area contributed by atoms with Crippen molar-refractivity contribution in [2.75, 3.05) is 32.7 Å². The van der Waals surface area contributed by atoms with Crippen molar-refractivity contribution in [2.45, 2.75) is 53.1 Å². The highest BCUT2D eigenvalue weighted by atomic mass is 127. The molecular weight excluding hydrogens is 407 g/mol. The predicted octanol–water partition coefficient (Wildman–Crippen LogP) is 2.91. The van der Waals surface area contributed by atoms with Gasteiger partial charge in [0.25, 0.3) is 0 Å². The largest absolute Gasteiger partial charge is 0.444 e. The number of likely N-dealkylation sites (N-methyl/N-ethyl adjacent to an activating group) is 1. The lowest BCUT2D eigenvalue weighted by molar-refractivity contribution is 0.0266. The van der Waals surface area contributed by atoms with Gasteiger partial charge in [-0.2, -0.15) is 0 Å². The monoisotopic (exact) mass is 440 g/mol. The fraction of sp³-hybridized carbons (Fsp3) is 0.875. The average Bonchev–Trinajstić information content (AvgIpc) is 2.42. The molecule has 1 saturated heterocycles. The molecule has 0 atom stereocenters. The molecule has 0 aromatic carbocycles. The Bertz CT molecular complexity index is 388. The lowest BCUT2D eigenvalue weighted by Gasteiger charge is -2.31. The molecule has 0 aliphatic carbocycles. The van der Waals surface area contributed by atoms with Crippen LogP contribution in [0.5, 0.6) is 0 Å². The van der Waals surface area contributed by atoms with Crippen LogP contribution in [0.1, 0.15) is 47.5 Å². The number of carbonyl (C=O) groups is 1. The van der Waals surface area contributed by atoms with Crippen molar-refractivity contribution in [3.05, 3.63) is 0 Å². The van der Waals surface area contributed by atoms with Crippen LogP contribution < -0.4 is 5.73 Å². The van der Waals surface area contributed by atoms with Gasteiger partial charge in [0.15, 0.2) is 5.96 Å². The van der Waals surface area contributed by atoms with Crippen LogP contribution in [0.3, 0.4) is 0 Å². The van der Waals surface area contributed by atoms with Crippen LogP contribution in [-0.2, 0) is 4.74 Å². The first-order valence-electron chi connectivity index (χ1n) is 8.25. The van der Waals surface area contributed by atoms with E-state index in [4.69, 9.17) is 10.5 Å². The van der Waals surface area contributed by atoms with E-state index in [0.29, 0.717) is 25.6 Å². The first-order chi connectivity index (χ1) is 10.2. The van der Waals surface area contributed by atoms with Crippen molar-refractivity contribution in [1.29, 1.82) is 0 Å². The van der Waals surface area contributed by atoms with Crippen molar-refractivity contribution < 1.29 is 9.53 Å². The van der Waals surface area contributed by atoms with Crippen molar-refractivity contribution in [2.24, 2.45) is 16.6 Å². The molecule has 2 N–H and O–H groups in total. The SMILES string of the molecule is CCN(CCN=C(N)N1CCC(C)CC1)C(=O)OC(C)(C)C.I. The van der Waals surface area contributed by atoms with E-state index in [1.165, 1.54) is 0 Å². The number of likely N-dealkylation sites (tertiary alicyclic amines) is 1. The fourth-order valence-electron chi connectivity index (χ4n) is 2.33. The second-order valence-corrected chi connectivity index (χ2v) is 6.97. The van der Waals surface area contributed by atoms with Crippen LogP contribution in [-0.4, -0.2) is 60.2 Å². The highest BCUT2D eigenvalue weighted by molar-refractivity contribution is 14.0. The van der Waals surface area contributed by atoms with E-state index in [9.17, 15) is 4.79 Å². The van der Waals surface area contributed by atoms with Crippen molar-refractivity contribution in [3.63, 3.8) is 0 Å². The number of nitrogens with zero attached hydrogens (tertiary/aromatic N) is 3. The molecule has 0 saturated carbocycles. The van der Waals surface area contributed by atoms with Gasteiger partial charge in [0.2, 0.25) is 0 Å². The van der Waals surface area contributed by atoms with Crippen LogP contribution >= 0.6 is 24.0 Å². The van der Waals surface area contributed by atoms with Crippen LogP contribution in [0, 0.1) is 5.92 Å². The molecule has 0 unspecified atom stereocenters. The molecule has 7 heteroatoms. The Morgan fingerprint density at radius 2 is 1.91 bits per heavy atom. The van der Waals surface area contributed by atoms with E-state index in [2.05, 4.69) is 16.8 Å². The minimum atomic E-state index is -0.475. The van der Waals surface area contributed by atoms with Gasteiger partial charge in [-0.3, -0.25) is 4.99 Å². The summed E-state index contributed by atoms with van der Waals surface area (Å²) in [5.74, 6) is 1.36. The smallest absolute Gasteiger partial charge is 0.410 e. The topological polar surface area (TPSA) is 71.2 Å². The molecule has 1 aliphatic rings. The van der Waals surface area contributed by atoms with Crippen LogP contribution in [0.25, 0.3) is 0 Å².